The third kappa shape index (κ3) is 6.28. The van der Waals surface area contributed by atoms with E-state index in [1.54, 1.807) is 12.1 Å². The predicted molar refractivity (Wildman–Crippen MR) is 82.9 cm³/mol. The van der Waals surface area contributed by atoms with Crippen molar-refractivity contribution < 1.29 is 32.6 Å². The summed E-state index contributed by atoms with van der Waals surface area (Å²) in [5.41, 5.74) is 0.721. The average molecular weight is 359 g/mol. The molecule has 1 aromatic rings. The minimum atomic E-state index is -4.39. The maximum Gasteiger partial charge on any atom is 0.422 e. The van der Waals surface area contributed by atoms with E-state index in [2.05, 4.69) is 10.1 Å². The van der Waals surface area contributed by atoms with Crippen LogP contribution in [0.5, 0.6) is 5.75 Å². The Bertz CT molecular complexity index is 601. The number of hydrogen-bond acceptors (Lipinski definition) is 3. The minimum Gasteiger partial charge on any atom is -0.484 e. The van der Waals surface area contributed by atoms with Crippen molar-refractivity contribution in [3.63, 3.8) is 0 Å². The Morgan fingerprint density at radius 2 is 1.80 bits per heavy atom. The summed E-state index contributed by atoms with van der Waals surface area (Å²) in [5, 5.41) is 11.8. The summed E-state index contributed by atoms with van der Waals surface area (Å²) < 4.78 is 40.8. The van der Waals surface area contributed by atoms with Gasteiger partial charge in [-0.3, -0.25) is 9.59 Å². The molecule has 25 heavy (non-hydrogen) atoms. The Labute approximate surface area is 143 Å². The first-order valence-electron chi connectivity index (χ1n) is 8.03. The second kappa shape index (κ2) is 8.22. The van der Waals surface area contributed by atoms with Crippen LogP contribution in [0, 0.1) is 11.8 Å². The highest BCUT2D eigenvalue weighted by Crippen LogP contribution is 2.29. The van der Waals surface area contributed by atoms with Crippen LogP contribution in [-0.4, -0.2) is 29.8 Å². The zero-order valence-corrected chi connectivity index (χ0v) is 13.5. The van der Waals surface area contributed by atoms with Gasteiger partial charge in [-0.25, -0.2) is 0 Å². The molecule has 0 bridgehead atoms. The van der Waals surface area contributed by atoms with Crippen molar-refractivity contribution in [3.8, 4) is 5.75 Å². The first-order valence-corrected chi connectivity index (χ1v) is 8.03. The van der Waals surface area contributed by atoms with Crippen LogP contribution in [0.15, 0.2) is 24.3 Å². The fraction of sp³-hybridized carbons (Fsp3) is 0.529. The summed E-state index contributed by atoms with van der Waals surface area (Å²) in [6.07, 6.45) is -2.08. The number of ether oxygens (including phenoxy) is 1. The maximum atomic E-state index is 12.2. The van der Waals surface area contributed by atoms with Gasteiger partial charge in [0, 0.05) is 12.5 Å². The van der Waals surface area contributed by atoms with Gasteiger partial charge in [0.25, 0.3) is 0 Å². The first-order chi connectivity index (χ1) is 11.7. The zero-order valence-electron chi connectivity index (χ0n) is 13.5. The van der Waals surface area contributed by atoms with E-state index >= 15 is 0 Å². The van der Waals surface area contributed by atoms with Crippen LogP contribution in [0.4, 0.5) is 13.2 Å². The maximum absolute atomic E-state index is 12.2. The number of carboxylic acid groups (broad SMARTS) is 1. The number of carboxylic acids is 1. The van der Waals surface area contributed by atoms with Crippen molar-refractivity contribution in [2.75, 3.05) is 6.61 Å². The summed E-state index contributed by atoms with van der Waals surface area (Å²) in [6, 6.07) is 5.97. The number of hydrogen-bond donors (Lipinski definition) is 2. The highest BCUT2D eigenvalue weighted by Gasteiger charge is 2.31. The normalized spacial score (nSPS) is 20.8. The molecule has 0 saturated heterocycles. The standard InChI is InChI=1S/C17H20F3NO4/c18-17(19,20)10-25-14-6-4-11(5-7-14)9-21-15(22)12-2-1-3-13(8-12)16(23)24/h4-7,12-13H,1-3,8-10H2,(H,21,22)(H,23,24). The lowest BCUT2D eigenvalue weighted by Crippen LogP contribution is -2.35. The fourth-order valence-electron chi connectivity index (χ4n) is 2.85. The van der Waals surface area contributed by atoms with Crippen molar-refractivity contribution >= 4 is 11.9 Å². The van der Waals surface area contributed by atoms with Gasteiger partial charge in [0.1, 0.15) is 5.75 Å². The van der Waals surface area contributed by atoms with E-state index in [0.717, 1.165) is 5.56 Å². The number of benzene rings is 1. The Hall–Kier alpha value is -2.25. The minimum absolute atomic E-state index is 0.101. The van der Waals surface area contributed by atoms with Crippen LogP contribution >= 0.6 is 0 Å². The van der Waals surface area contributed by atoms with Gasteiger partial charge in [0.05, 0.1) is 5.92 Å². The molecule has 1 fully saturated rings. The monoisotopic (exact) mass is 359 g/mol. The summed E-state index contributed by atoms with van der Waals surface area (Å²) in [7, 11) is 0. The van der Waals surface area contributed by atoms with Crippen LogP contribution in [0.1, 0.15) is 31.2 Å². The van der Waals surface area contributed by atoms with Gasteiger partial charge >= 0.3 is 12.1 Å². The lowest BCUT2D eigenvalue weighted by molar-refractivity contribution is -0.153. The van der Waals surface area contributed by atoms with Gasteiger partial charge in [0.15, 0.2) is 6.61 Å². The predicted octanol–water partition coefficient (Wildman–Crippen LogP) is 3.13. The van der Waals surface area contributed by atoms with E-state index in [1.807, 2.05) is 0 Å². The Morgan fingerprint density at radius 3 is 2.40 bits per heavy atom. The van der Waals surface area contributed by atoms with Crippen LogP contribution in [-0.2, 0) is 16.1 Å². The number of aliphatic carboxylic acids is 1. The van der Waals surface area contributed by atoms with Gasteiger partial charge < -0.3 is 15.2 Å². The van der Waals surface area contributed by atoms with Crippen molar-refractivity contribution in [1.29, 1.82) is 0 Å². The number of rotatable bonds is 6. The topological polar surface area (TPSA) is 75.6 Å². The Morgan fingerprint density at radius 1 is 1.16 bits per heavy atom. The van der Waals surface area contributed by atoms with Gasteiger partial charge in [-0.05, 0) is 37.0 Å². The molecule has 1 aromatic carbocycles. The van der Waals surface area contributed by atoms with Crippen LogP contribution < -0.4 is 10.1 Å². The van der Waals surface area contributed by atoms with Crippen LogP contribution in [0.25, 0.3) is 0 Å². The van der Waals surface area contributed by atoms with E-state index in [0.29, 0.717) is 25.7 Å². The number of alkyl halides is 3. The molecule has 5 nitrogen and oxygen atoms in total. The molecule has 2 unspecified atom stereocenters. The summed E-state index contributed by atoms with van der Waals surface area (Å²) in [4.78, 5) is 23.2. The smallest absolute Gasteiger partial charge is 0.422 e. The van der Waals surface area contributed by atoms with Crippen molar-refractivity contribution in [2.45, 2.75) is 38.4 Å². The van der Waals surface area contributed by atoms with Crippen molar-refractivity contribution in [2.24, 2.45) is 11.8 Å². The van der Waals surface area contributed by atoms with E-state index in [4.69, 9.17) is 5.11 Å². The van der Waals surface area contributed by atoms with Crippen molar-refractivity contribution in [3.05, 3.63) is 29.8 Å². The summed E-state index contributed by atoms with van der Waals surface area (Å²) in [6.45, 7) is -1.12. The Kier molecular flexibility index (Phi) is 6.27. The molecular formula is C17H20F3NO4. The van der Waals surface area contributed by atoms with E-state index in [9.17, 15) is 22.8 Å². The molecule has 0 spiro atoms. The third-order valence-corrected chi connectivity index (χ3v) is 4.19. The van der Waals surface area contributed by atoms with Gasteiger partial charge in [-0.1, -0.05) is 18.6 Å². The largest absolute Gasteiger partial charge is 0.484 e. The molecule has 0 aromatic heterocycles. The molecule has 0 aliphatic heterocycles. The SMILES string of the molecule is O=C(O)C1CCCC(C(=O)NCc2ccc(OCC(F)(F)F)cc2)C1. The molecule has 2 N–H and O–H groups in total. The second-order valence-electron chi connectivity index (χ2n) is 6.16. The van der Waals surface area contributed by atoms with Gasteiger partial charge in [0.2, 0.25) is 5.91 Å². The average Bonchev–Trinajstić information content (AvgIpc) is 2.58. The molecule has 138 valence electrons. The first kappa shape index (κ1) is 19.1. The molecule has 2 atom stereocenters. The highest BCUT2D eigenvalue weighted by atomic mass is 19.4. The van der Waals surface area contributed by atoms with E-state index in [1.165, 1.54) is 12.1 Å². The van der Waals surface area contributed by atoms with Crippen LogP contribution in [0.2, 0.25) is 0 Å². The number of amides is 1. The summed E-state index contributed by atoms with van der Waals surface area (Å²) >= 11 is 0. The lowest BCUT2D eigenvalue weighted by Gasteiger charge is -2.25. The molecule has 0 radical (unpaired) electrons. The van der Waals surface area contributed by atoms with Gasteiger partial charge in [-0.15, -0.1) is 0 Å². The molecule has 1 aliphatic carbocycles. The summed E-state index contributed by atoms with van der Waals surface area (Å²) in [5.74, 6) is -1.75. The highest BCUT2D eigenvalue weighted by molar-refractivity contribution is 5.80. The number of halogens is 3. The van der Waals surface area contributed by atoms with Gasteiger partial charge in [-0.2, -0.15) is 13.2 Å². The molecule has 8 heteroatoms. The van der Waals surface area contributed by atoms with Crippen LogP contribution in [0.3, 0.4) is 0 Å². The molecule has 1 aliphatic rings. The Balaban J connectivity index is 1.80. The molecule has 1 saturated carbocycles. The number of nitrogens with one attached hydrogen (secondary N) is 1. The van der Waals surface area contributed by atoms with E-state index < -0.39 is 24.7 Å². The fourth-order valence-corrected chi connectivity index (χ4v) is 2.85. The molecular weight excluding hydrogens is 339 g/mol. The van der Waals surface area contributed by atoms with E-state index in [-0.39, 0.29) is 24.1 Å². The number of carbonyl (C=O) groups is 2. The zero-order chi connectivity index (χ0) is 18.4. The molecule has 0 heterocycles. The number of carbonyl (C=O) groups excluding carboxylic acids is 1. The second-order valence-corrected chi connectivity index (χ2v) is 6.16. The van der Waals surface area contributed by atoms with Crippen molar-refractivity contribution in [1.82, 2.24) is 5.32 Å². The lowest BCUT2D eigenvalue weighted by atomic mass is 9.81. The molecule has 1 amide bonds. The quantitative estimate of drug-likeness (QED) is 0.818. The molecule has 2 rings (SSSR count). The third-order valence-electron chi connectivity index (χ3n) is 4.19.